The van der Waals surface area contributed by atoms with Gasteiger partial charge in [0.05, 0.1) is 0 Å². The number of hydrogen-bond donors (Lipinski definition) is 0. The van der Waals surface area contributed by atoms with E-state index in [9.17, 15) is 0 Å². The molecule has 0 atom stereocenters. The van der Waals surface area contributed by atoms with Crippen molar-refractivity contribution in [3.63, 3.8) is 0 Å². The maximum atomic E-state index is 8.52. The summed E-state index contributed by atoms with van der Waals surface area (Å²) in [6.07, 6.45) is 0. The molecule has 20 nitrogen and oxygen atoms in total. The fourth-order valence-electron chi connectivity index (χ4n) is 0. The number of hydrogen-bond acceptors (Lipinski definition) is 20. The Morgan fingerprint density at radius 3 is 0.276 bits per heavy atom. The van der Waals surface area contributed by atoms with Crippen LogP contribution in [0.3, 0.4) is 0 Å². The van der Waals surface area contributed by atoms with Crippen LogP contribution in [0.1, 0.15) is 0 Å². The van der Waals surface area contributed by atoms with Crippen molar-refractivity contribution in [1.82, 2.24) is 0 Å². The van der Waals surface area contributed by atoms with Gasteiger partial charge in [0, 0.05) is 52.0 Å². The predicted octanol–water partition coefficient (Wildman–Crippen LogP) is -6.70. The summed E-state index contributed by atoms with van der Waals surface area (Å²) < 4.78 is 170. The van der Waals surface area contributed by atoms with Crippen LogP contribution in [-0.2, 0) is 125 Å². The summed E-state index contributed by atoms with van der Waals surface area (Å²) >= 11 is 0. The maximum absolute atomic E-state index is 8.52. The zero-order valence-corrected chi connectivity index (χ0v) is 24.6. The molecule has 170 valence electrons. The summed E-state index contributed by atoms with van der Waals surface area (Å²) in [6, 6.07) is 0. The average Bonchev–Trinajstić information content (AvgIpc) is 1.79. The van der Waals surface area contributed by atoms with Crippen LogP contribution >= 0.6 is 0 Å². The molecule has 0 unspecified atom stereocenters. The monoisotopic (exact) mass is 719 g/mol. The molecule has 0 N–H and O–H groups in total. The molecule has 0 aromatic heterocycles. The van der Waals surface area contributed by atoms with Gasteiger partial charge in [-0.2, -0.15) is 0 Å². The Morgan fingerprint density at radius 1 is 0.276 bits per heavy atom. The summed E-state index contributed by atoms with van der Waals surface area (Å²) in [5.41, 5.74) is 0. The molecule has 0 aliphatic carbocycles. The third-order valence-corrected chi connectivity index (χ3v) is 0. The van der Waals surface area contributed by atoms with E-state index in [2.05, 4.69) is 0 Å². The van der Waals surface area contributed by atoms with Crippen LogP contribution in [0, 0.1) is 0 Å². The minimum Gasteiger partial charge on any atom is -0.759 e. The first kappa shape index (κ1) is 57.5. The first-order valence-corrected chi connectivity index (χ1v) is 10.0. The molecule has 0 saturated carbocycles. The zero-order valence-electron chi connectivity index (χ0n) is 12.3. The fourth-order valence-corrected chi connectivity index (χ4v) is 0. The Morgan fingerprint density at radius 2 is 0.276 bits per heavy atom. The van der Waals surface area contributed by atoms with Gasteiger partial charge in [0.1, 0.15) is 0 Å². The van der Waals surface area contributed by atoms with Gasteiger partial charge in [-0.1, -0.05) is 0 Å². The van der Waals surface area contributed by atoms with Crippen molar-refractivity contribution in [2.75, 3.05) is 0 Å². The summed E-state index contributed by atoms with van der Waals surface area (Å²) in [5, 5.41) is 0. The van der Waals surface area contributed by atoms with Gasteiger partial charge in [0.2, 0.25) is 0 Å². The molecule has 0 aromatic rings. The Hall–Kier alpha value is 1.64. The van der Waals surface area contributed by atoms with Crippen LogP contribution in [0.5, 0.6) is 0 Å². The molecule has 0 bridgehead atoms. The van der Waals surface area contributed by atoms with E-state index in [0.717, 1.165) is 0 Å². The Labute approximate surface area is 211 Å². The molecule has 0 amide bonds. The second-order valence-electron chi connectivity index (χ2n) is 2.04. The van der Waals surface area contributed by atoms with Crippen LogP contribution < -0.4 is 0 Å². The largest absolute Gasteiger partial charge is 3.00 e. The summed E-state index contributed by atoms with van der Waals surface area (Å²) in [6.45, 7) is 0. The van der Waals surface area contributed by atoms with Crippen molar-refractivity contribution in [2.45, 2.75) is 0 Å². The van der Waals surface area contributed by atoms with Crippen LogP contribution in [0.25, 0.3) is 0 Å². The Balaban J connectivity index is -0.0000000238. The van der Waals surface area contributed by atoms with Crippen molar-refractivity contribution in [3.05, 3.63) is 0 Å². The van der Waals surface area contributed by atoms with Gasteiger partial charge in [0.25, 0.3) is 0 Å². The molecule has 29 heteroatoms. The first-order valence-electron chi connectivity index (χ1n) is 3.33. The standard InChI is InChI=1S/2Fe.5H2O4S.2Zn/c;;5*1-5(2,3)4;;/h;;5*(H2,1,2,3,4);;/q2*+3;;;;;;2*+2/p-10. The summed E-state index contributed by atoms with van der Waals surface area (Å²) in [7, 11) is -25.8. The zero-order chi connectivity index (χ0) is 22.5. The van der Waals surface area contributed by atoms with Crippen molar-refractivity contribution in [3.8, 4) is 0 Å². The third kappa shape index (κ3) is 8460. The molecular formula is Fe2O20S5Zn2. The van der Waals surface area contributed by atoms with E-state index in [0.29, 0.717) is 0 Å². The first-order chi connectivity index (χ1) is 10.0. The van der Waals surface area contributed by atoms with Crippen molar-refractivity contribution < 1.29 is 161 Å². The molecule has 29 heavy (non-hydrogen) atoms. The molecule has 2 radical (unpaired) electrons. The van der Waals surface area contributed by atoms with E-state index in [1.54, 1.807) is 0 Å². The smallest absolute Gasteiger partial charge is 0.759 e. The molecule has 0 spiro atoms. The second kappa shape index (κ2) is 24.3. The van der Waals surface area contributed by atoms with Gasteiger partial charge in [-0.05, 0) is 0 Å². The SMILES string of the molecule is O=S(=O)([O-])[O-].O=S(=O)([O-])[O-].O=S(=O)([O-])[O-].O=S(=O)([O-])[O-].O=S(=O)([O-])[O-].[Fe+3].[Fe+3].[Zn+2].[Zn+2]. The normalized spacial score (nSPS) is 10.0. The van der Waals surface area contributed by atoms with Gasteiger partial charge < -0.3 is 45.5 Å². The van der Waals surface area contributed by atoms with E-state index < -0.39 is 52.0 Å². The van der Waals surface area contributed by atoms with Crippen LogP contribution in [-0.4, -0.2) is 87.6 Å². The Bertz CT molecular complexity index is 629. The molecule has 0 heterocycles. The molecule has 0 rings (SSSR count). The fraction of sp³-hybridized carbons (Fsp3) is 0. The molecule has 0 fully saturated rings. The van der Waals surface area contributed by atoms with Crippen LogP contribution in [0.4, 0.5) is 0 Å². The Kier molecular flexibility index (Phi) is 48.1. The molecule has 0 aliphatic rings. The van der Waals surface area contributed by atoms with Gasteiger partial charge in [-0.25, -0.2) is 0 Å². The van der Waals surface area contributed by atoms with Gasteiger partial charge in [-0.3, -0.25) is 42.1 Å². The van der Waals surface area contributed by atoms with E-state index in [-0.39, 0.29) is 73.1 Å². The van der Waals surface area contributed by atoms with Crippen molar-refractivity contribution >= 4 is 52.0 Å². The van der Waals surface area contributed by atoms with Crippen LogP contribution in [0.2, 0.25) is 0 Å². The van der Waals surface area contributed by atoms with Gasteiger partial charge in [0.15, 0.2) is 0 Å². The van der Waals surface area contributed by atoms with E-state index in [1.807, 2.05) is 0 Å². The minimum absolute atomic E-state index is 0. The number of rotatable bonds is 0. The minimum atomic E-state index is -5.17. The predicted molar refractivity (Wildman–Crippen MR) is 52.4 cm³/mol. The maximum Gasteiger partial charge on any atom is 3.00 e. The van der Waals surface area contributed by atoms with Gasteiger partial charge >= 0.3 is 73.1 Å². The summed E-state index contributed by atoms with van der Waals surface area (Å²) in [5.74, 6) is 0. The van der Waals surface area contributed by atoms with E-state index in [1.165, 1.54) is 0 Å². The average molecular weight is 723 g/mol. The molecule has 0 aliphatic heterocycles. The van der Waals surface area contributed by atoms with Crippen molar-refractivity contribution in [1.29, 1.82) is 0 Å². The second-order valence-corrected chi connectivity index (χ2v) is 6.12. The summed E-state index contributed by atoms with van der Waals surface area (Å²) in [4.78, 5) is 0. The van der Waals surface area contributed by atoms with Crippen molar-refractivity contribution in [2.24, 2.45) is 0 Å². The molecular weight excluding hydrogens is 723 g/mol. The quantitative estimate of drug-likeness (QED) is 0.127. The third-order valence-electron chi connectivity index (χ3n) is 0. The van der Waals surface area contributed by atoms with Gasteiger partial charge in [-0.15, -0.1) is 0 Å². The topological polar surface area (TPSA) is 401 Å². The van der Waals surface area contributed by atoms with Crippen LogP contribution in [0.15, 0.2) is 0 Å². The molecule has 0 aromatic carbocycles. The molecule has 0 saturated heterocycles. The van der Waals surface area contributed by atoms with E-state index >= 15 is 0 Å². The van der Waals surface area contributed by atoms with E-state index in [4.69, 9.17) is 87.6 Å².